The van der Waals surface area contributed by atoms with Crippen LogP contribution in [0.15, 0.2) is 16.6 Å². The van der Waals surface area contributed by atoms with Crippen LogP contribution in [0, 0.1) is 0 Å². The van der Waals surface area contributed by atoms with Gasteiger partial charge in [0.25, 0.3) is 0 Å². The Morgan fingerprint density at radius 3 is 2.67 bits per heavy atom. The Morgan fingerprint density at radius 1 is 1.56 bits per heavy atom. The van der Waals surface area contributed by atoms with Gasteiger partial charge in [0.05, 0.1) is 0 Å². The number of anilines is 1. The van der Waals surface area contributed by atoms with Gasteiger partial charge in [-0.2, -0.15) is 0 Å². The van der Waals surface area contributed by atoms with Crippen molar-refractivity contribution in [3.05, 3.63) is 21.8 Å². The second-order valence-corrected chi connectivity index (χ2v) is 2.84. The van der Waals surface area contributed by atoms with Gasteiger partial charge >= 0.3 is 0 Å². The molecule has 0 saturated heterocycles. The second kappa shape index (κ2) is 2.54. The van der Waals surface area contributed by atoms with Crippen LogP contribution in [0.1, 0.15) is 0 Å². The maximum atomic E-state index is 5.53. The van der Waals surface area contributed by atoms with E-state index >= 15 is 0 Å². The van der Waals surface area contributed by atoms with E-state index in [1.165, 1.54) is 0 Å². The molecule has 2 nitrogen and oxygen atoms in total. The summed E-state index contributed by atoms with van der Waals surface area (Å²) >= 11 is 8.74. The molecule has 0 saturated carbocycles. The highest BCUT2D eigenvalue weighted by atomic mass is 79.9. The van der Waals surface area contributed by atoms with Crippen LogP contribution in [0.25, 0.3) is 0 Å². The zero-order valence-corrected chi connectivity index (χ0v) is 6.78. The summed E-state index contributed by atoms with van der Waals surface area (Å²) in [6.45, 7) is 0. The molecule has 1 rings (SSSR count). The third-order valence-electron chi connectivity index (χ3n) is 0.779. The molecule has 0 aliphatic rings. The Morgan fingerprint density at radius 2 is 2.22 bits per heavy atom. The van der Waals surface area contributed by atoms with Crippen molar-refractivity contribution >= 4 is 33.3 Å². The summed E-state index contributed by atoms with van der Waals surface area (Å²) in [4.78, 5) is 3.75. The van der Waals surface area contributed by atoms with Crippen molar-refractivity contribution in [3.63, 3.8) is 0 Å². The van der Waals surface area contributed by atoms with Gasteiger partial charge in [-0.25, -0.2) is 4.98 Å². The van der Waals surface area contributed by atoms with Crippen molar-refractivity contribution < 1.29 is 0 Å². The summed E-state index contributed by atoms with van der Waals surface area (Å²) in [5, 5.41) is 0.405. The average molecular weight is 207 g/mol. The standard InChI is InChI=1S/C5H4BrClN2/c6-3-1-4(7)9-5(8)2-3/h1-2H,(H2,8,9). The van der Waals surface area contributed by atoms with Crippen LogP contribution in [-0.4, -0.2) is 4.98 Å². The molecule has 0 bridgehead atoms. The van der Waals surface area contributed by atoms with Gasteiger partial charge in [0, 0.05) is 4.47 Å². The number of halogens is 2. The van der Waals surface area contributed by atoms with Crippen molar-refractivity contribution in [2.45, 2.75) is 0 Å². The summed E-state index contributed by atoms with van der Waals surface area (Å²) in [5.41, 5.74) is 5.33. The van der Waals surface area contributed by atoms with Gasteiger partial charge in [-0.1, -0.05) is 27.5 Å². The van der Waals surface area contributed by atoms with E-state index in [1.807, 2.05) is 0 Å². The minimum Gasteiger partial charge on any atom is -0.384 e. The number of aromatic nitrogens is 1. The lowest BCUT2D eigenvalue weighted by molar-refractivity contribution is 1.32. The van der Waals surface area contributed by atoms with E-state index in [9.17, 15) is 0 Å². The predicted molar refractivity (Wildman–Crippen MR) is 41.4 cm³/mol. The quantitative estimate of drug-likeness (QED) is 0.662. The molecule has 0 aliphatic carbocycles. The number of hydrogen-bond donors (Lipinski definition) is 1. The normalized spacial score (nSPS) is 9.56. The summed E-state index contributed by atoms with van der Waals surface area (Å²) < 4.78 is 0.847. The van der Waals surface area contributed by atoms with Crippen molar-refractivity contribution in [2.75, 3.05) is 5.73 Å². The molecular weight excluding hydrogens is 203 g/mol. The molecule has 0 radical (unpaired) electrons. The lowest BCUT2D eigenvalue weighted by Crippen LogP contribution is -1.88. The maximum absolute atomic E-state index is 5.53. The van der Waals surface area contributed by atoms with Crippen LogP contribution in [0.4, 0.5) is 5.82 Å². The molecule has 1 aromatic rings. The molecule has 2 N–H and O–H groups in total. The number of hydrogen-bond acceptors (Lipinski definition) is 2. The fourth-order valence-electron chi connectivity index (χ4n) is 0.485. The first-order valence-corrected chi connectivity index (χ1v) is 3.44. The largest absolute Gasteiger partial charge is 0.384 e. The second-order valence-electron chi connectivity index (χ2n) is 1.53. The van der Waals surface area contributed by atoms with Gasteiger partial charge in [0.2, 0.25) is 0 Å². The van der Waals surface area contributed by atoms with Crippen LogP contribution in [0.3, 0.4) is 0 Å². The van der Waals surface area contributed by atoms with Gasteiger partial charge < -0.3 is 5.73 Å². The Balaban J connectivity index is 3.17. The van der Waals surface area contributed by atoms with Crippen molar-refractivity contribution in [3.8, 4) is 0 Å². The third kappa shape index (κ3) is 1.84. The van der Waals surface area contributed by atoms with Gasteiger partial charge in [0.15, 0.2) is 0 Å². The number of nitrogens with zero attached hydrogens (tertiary/aromatic N) is 1. The Hall–Kier alpha value is -0.280. The molecule has 1 heterocycles. The molecule has 0 amide bonds. The van der Waals surface area contributed by atoms with Crippen LogP contribution in [0.2, 0.25) is 5.15 Å². The van der Waals surface area contributed by atoms with E-state index < -0.39 is 0 Å². The number of nitrogen functional groups attached to an aromatic ring is 1. The highest BCUT2D eigenvalue weighted by Crippen LogP contribution is 2.16. The molecule has 0 atom stereocenters. The summed E-state index contributed by atoms with van der Waals surface area (Å²) in [6.07, 6.45) is 0. The fraction of sp³-hybridized carbons (Fsp3) is 0. The zero-order chi connectivity index (χ0) is 6.85. The minimum atomic E-state index is 0.405. The molecule has 1 aromatic heterocycles. The molecule has 0 spiro atoms. The fourth-order valence-corrected chi connectivity index (χ4v) is 1.28. The number of nitrogens with two attached hydrogens (primary N) is 1. The lowest BCUT2D eigenvalue weighted by Gasteiger charge is -1.93. The summed E-state index contributed by atoms with van der Waals surface area (Å²) in [5.74, 6) is 0.425. The number of rotatable bonds is 0. The maximum Gasteiger partial charge on any atom is 0.132 e. The Kier molecular flexibility index (Phi) is 1.93. The van der Waals surface area contributed by atoms with Crippen LogP contribution < -0.4 is 5.73 Å². The van der Waals surface area contributed by atoms with E-state index in [4.69, 9.17) is 17.3 Å². The molecule has 9 heavy (non-hydrogen) atoms. The first kappa shape index (κ1) is 6.83. The van der Waals surface area contributed by atoms with Crippen molar-refractivity contribution in [1.29, 1.82) is 0 Å². The van der Waals surface area contributed by atoms with Gasteiger partial charge in [-0.05, 0) is 12.1 Å². The monoisotopic (exact) mass is 206 g/mol. The van der Waals surface area contributed by atoms with E-state index in [1.54, 1.807) is 12.1 Å². The van der Waals surface area contributed by atoms with Crippen LogP contribution in [0.5, 0.6) is 0 Å². The lowest BCUT2D eigenvalue weighted by atomic mass is 10.5. The average Bonchev–Trinajstić information content (AvgIpc) is 1.59. The molecule has 48 valence electrons. The van der Waals surface area contributed by atoms with Crippen LogP contribution >= 0.6 is 27.5 Å². The summed E-state index contributed by atoms with van der Waals surface area (Å²) in [7, 11) is 0. The minimum absolute atomic E-state index is 0.405. The zero-order valence-electron chi connectivity index (χ0n) is 4.44. The Bertz CT molecular complexity index is 176. The van der Waals surface area contributed by atoms with Gasteiger partial charge in [0.1, 0.15) is 11.0 Å². The summed E-state index contributed by atoms with van der Waals surface area (Å²) in [6, 6.07) is 3.36. The molecule has 0 aromatic carbocycles. The Labute approximate surface area is 66.2 Å². The van der Waals surface area contributed by atoms with Gasteiger partial charge in [-0.15, -0.1) is 0 Å². The topological polar surface area (TPSA) is 38.9 Å². The number of pyridine rings is 1. The SMILES string of the molecule is Nc1cc(Br)cc(Cl)n1. The third-order valence-corrected chi connectivity index (χ3v) is 1.43. The van der Waals surface area contributed by atoms with E-state index in [0.29, 0.717) is 11.0 Å². The highest BCUT2D eigenvalue weighted by molar-refractivity contribution is 9.10. The van der Waals surface area contributed by atoms with E-state index in [-0.39, 0.29) is 0 Å². The molecular formula is C5H4BrClN2. The smallest absolute Gasteiger partial charge is 0.132 e. The first-order chi connectivity index (χ1) is 4.18. The van der Waals surface area contributed by atoms with E-state index in [0.717, 1.165) is 4.47 Å². The van der Waals surface area contributed by atoms with Crippen molar-refractivity contribution in [1.82, 2.24) is 4.98 Å². The first-order valence-electron chi connectivity index (χ1n) is 2.27. The molecule has 0 aliphatic heterocycles. The predicted octanol–water partition coefficient (Wildman–Crippen LogP) is 2.08. The molecule has 0 unspecified atom stereocenters. The molecule has 4 heteroatoms. The van der Waals surface area contributed by atoms with Crippen LogP contribution in [-0.2, 0) is 0 Å². The van der Waals surface area contributed by atoms with Crippen molar-refractivity contribution in [2.24, 2.45) is 0 Å². The highest BCUT2D eigenvalue weighted by Gasteiger charge is 1.92. The van der Waals surface area contributed by atoms with E-state index in [2.05, 4.69) is 20.9 Å². The van der Waals surface area contributed by atoms with Gasteiger partial charge in [-0.3, -0.25) is 0 Å². The molecule has 0 fully saturated rings.